The second-order valence-electron chi connectivity index (χ2n) is 10.0. The SMILES string of the molecule is CC(O)[C@H]1CC[C@H]2[C@@H]3CCC4(O)CCCC[C@]4(C)[C@H]3CC[C@]12C. The Morgan fingerprint density at radius 1 is 0.870 bits per heavy atom. The van der Waals surface area contributed by atoms with Crippen LogP contribution in [0.15, 0.2) is 0 Å². The van der Waals surface area contributed by atoms with Gasteiger partial charge in [-0.1, -0.05) is 26.7 Å². The van der Waals surface area contributed by atoms with Crippen LogP contribution < -0.4 is 0 Å². The van der Waals surface area contributed by atoms with Gasteiger partial charge in [-0.05, 0) is 92.8 Å². The molecule has 4 aliphatic rings. The van der Waals surface area contributed by atoms with Crippen LogP contribution in [-0.4, -0.2) is 21.9 Å². The average Bonchev–Trinajstić information content (AvgIpc) is 2.85. The van der Waals surface area contributed by atoms with Crippen molar-refractivity contribution >= 4 is 0 Å². The van der Waals surface area contributed by atoms with Crippen molar-refractivity contribution in [2.45, 2.75) is 96.7 Å². The van der Waals surface area contributed by atoms with Gasteiger partial charge in [-0.2, -0.15) is 0 Å². The zero-order chi connectivity index (χ0) is 16.5. The normalized spacial score (nSPS) is 57.3. The lowest BCUT2D eigenvalue weighted by molar-refractivity contribution is -0.206. The van der Waals surface area contributed by atoms with E-state index in [0.29, 0.717) is 17.3 Å². The Kier molecular flexibility index (Phi) is 3.71. The van der Waals surface area contributed by atoms with Gasteiger partial charge in [0.15, 0.2) is 0 Å². The zero-order valence-corrected chi connectivity index (χ0v) is 15.4. The van der Waals surface area contributed by atoms with Crippen LogP contribution in [0.2, 0.25) is 0 Å². The summed E-state index contributed by atoms with van der Waals surface area (Å²) in [4.78, 5) is 0. The molecule has 4 rings (SSSR count). The Labute approximate surface area is 142 Å². The van der Waals surface area contributed by atoms with E-state index in [2.05, 4.69) is 13.8 Å². The Balaban J connectivity index is 1.65. The second-order valence-corrected chi connectivity index (χ2v) is 10.0. The maximum atomic E-state index is 11.4. The van der Waals surface area contributed by atoms with E-state index in [9.17, 15) is 10.2 Å². The molecule has 2 N–H and O–H groups in total. The fraction of sp³-hybridized carbons (Fsp3) is 1.00. The number of hydrogen-bond acceptors (Lipinski definition) is 2. The topological polar surface area (TPSA) is 40.5 Å². The summed E-state index contributed by atoms with van der Waals surface area (Å²) in [6, 6.07) is 0. The number of aliphatic hydroxyl groups is 2. The summed E-state index contributed by atoms with van der Waals surface area (Å²) in [6.07, 6.45) is 11.9. The molecule has 4 saturated carbocycles. The quantitative estimate of drug-likeness (QED) is 0.745. The van der Waals surface area contributed by atoms with Crippen molar-refractivity contribution in [1.82, 2.24) is 0 Å². The minimum atomic E-state index is -0.386. The molecule has 132 valence electrons. The average molecular weight is 321 g/mol. The first-order valence-corrected chi connectivity index (χ1v) is 10.2. The largest absolute Gasteiger partial charge is 0.393 e. The van der Waals surface area contributed by atoms with Crippen LogP contribution in [-0.2, 0) is 0 Å². The summed E-state index contributed by atoms with van der Waals surface area (Å²) in [7, 11) is 0. The molecule has 8 atom stereocenters. The fourth-order valence-electron chi connectivity index (χ4n) is 8.09. The summed E-state index contributed by atoms with van der Waals surface area (Å²) in [5.41, 5.74) is 0.108. The standard InChI is InChI=1S/C21H36O2/c1-14(22)16-6-7-17-15-8-13-21(23)11-5-4-10-20(21,3)18(15)9-12-19(16,17)2/h14-18,22-23H,4-13H2,1-3H3/t14?,15-,16+,17-,18-,19+,20+,21?/m0/s1. The third kappa shape index (κ3) is 2.06. The van der Waals surface area contributed by atoms with Crippen LogP contribution in [0.4, 0.5) is 0 Å². The van der Waals surface area contributed by atoms with Crippen LogP contribution >= 0.6 is 0 Å². The van der Waals surface area contributed by atoms with E-state index in [1.54, 1.807) is 0 Å². The summed E-state index contributed by atoms with van der Waals surface area (Å²) in [5, 5.41) is 21.7. The Morgan fingerprint density at radius 2 is 1.61 bits per heavy atom. The third-order valence-corrected chi connectivity index (χ3v) is 9.40. The smallest absolute Gasteiger partial charge is 0.0703 e. The Hall–Kier alpha value is -0.0800. The van der Waals surface area contributed by atoms with E-state index in [1.165, 1.54) is 51.4 Å². The van der Waals surface area contributed by atoms with E-state index < -0.39 is 0 Å². The Bertz CT molecular complexity index is 474. The lowest BCUT2D eigenvalue weighted by Crippen LogP contribution is -2.61. The van der Waals surface area contributed by atoms with Crippen LogP contribution in [0.3, 0.4) is 0 Å². The van der Waals surface area contributed by atoms with Crippen molar-refractivity contribution in [1.29, 1.82) is 0 Å². The lowest BCUT2D eigenvalue weighted by Gasteiger charge is -2.63. The molecule has 2 heteroatoms. The van der Waals surface area contributed by atoms with Gasteiger partial charge in [0.2, 0.25) is 0 Å². The van der Waals surface area contributed by atoms with E-state index in [0.717, 1.165) is 24.7 Å². The Morgan fingerprint density at radius 3 is 2.35 bits per heavy atom. The van der Waals surface area contributed by atoms with Gasteiger partial charge < -0.3 is 10.2 Å². The molecular formula is C21H36O2. The first-order chi connectivity index (χ1) is 10.8. The molecule has 23 heavy (non-hydrogen) atoms. The van der Waals surface area contributed by atoms with Gasteiger partial charge in [0.05, 0.1) is 11.7 Å². The molecule has 0 heterocycles. The maximum Gasteiger partial charge on any atom is 0.0703 e. The molecule has 4 aliphatic carbocycles. The van der Waals surface area contributed by atoms with Crippen molar-refractivity contribution in [2.75, 3.05) is 0 Å². The van der Waals surface area contributed by atoms with E-state index in [1.807, 2.05) is 6.92 Å². The van der Waals surface area contributed by atoms with Crippen LogP contribution in [0.5, 0.6) is 0 Å². The summed E-state index contributed by atoms with van der Waals surface area (Å²) in [6.45, 7) is 6.90. The minimum absolute atomic E-state index is 0.151. The highest BCUT2D eigenvalue weighted by Gasteiger charge is 2.63. The molecule has 0 bridgehead atoms. The molecule has 0 aromatic rings. The van der Waals surface area contributed by atoms with Crippen molar-refractivity contribution < 1.29 is 10.2 Å². The number of rotatable bonds is 1. The van der Waals surface area contributed by atoms with Crippen LogP contribution in [0.1, 0.15) is 85.0 Å². The van der Waals surface area contributed by atoms with Gasteiger partial charge in [0.1, 0.15) is 0 Å². The number of fused-ring (bicyclic) bond motifs is 5. The molecule has 0 aromatic carbocycles. The van der Waals surface area contributed by atoms with Gasteiger partial charge in [0, 0.05) is 0 Å². The fourth-order valence-corrected chi connectivity index (χ4v) is 8.09. The molecule has 0 aliphatic heterocycles. The summed E-state index contributed by atoms with van der Waals surface area (Å²) in [5.74, 6) is 2.78. The molecule has 0 aromatic heterocycles. The molecular weight excluding hydrogens is 284 g/mol. The third-order valence-electron chi connectivity index (χ3n) is 9.40. The van der Waals surface area contributed by atoms with E-state index in [-0.39, 0.29) is 17.1 Å². The molecule has 4 fully saturated rings. The van der Waals surface area contributed by atoms with Crippen molar-refractivity contribution in [3.8, 4) is 0 Å². The molecule has 0 amide bonds. The van der Waals surface area contributed by atoms with Crippen LogP contribution in [0.25, 0.3) is 0 Å². The van der Waals surface area contributed by atoms with Crippen molar-refractivity contribution in [2.24, 2.45) is 34.5 Å². The first-order valence-electron chi connectivity index (χ1n) is 10.2. The zero-order valence-electron chi connectivity index (χ0n) is 15.4. The first kappa shape index (κ1) is 16.4. The van der Waals surface area contributed by atoms with Gasteiger partial charge >= 0.3 is 0 Å². The summed E-state index contributed by atoms with van der Waals surface area (Å²) < 4.78 is 0. The number of aliphatic hydroxyl groups excluding tert-OH is 1. The van der Waals surface area contributed by atoms with Gasteiger partial charge in [0.25, 0.3) is 0 Å². The predicted molar refractivity (Wildman–Crippen MR) is 93.0 cm³/mol. The molecule has 0 radical (unpaired) electrons. The minimum Gasteiger partial charge on any atom is -0.393 e. The predicted octanol–water partition coefficient (Wildman–Crippen LogP) is 4.53. The maximum absolute atomic E-state index is 11.4. The van der Waals surface area contributed by atoms with Crippen LogP contribution in [0, 0.1) is 34.5 Å². The highest BCUT2D eigenvalue weighted by atomic mass is 16.3. The van der Waals surface area contributed by atoms with Gasteiger partial charge in [-0.15, -0.1) is 0 Å². The monoisotopic (exact) mass is 320 g/mol. The van der Waals surface area contributed by atoms with E-state index >= 15 is 0 Å². The number of hydrogen-bond donors (Lipinski definition) is 2. The molecule has 2 unspecified atom stereocenters. The van der Waals surface area contributed by atoms with Crippen molar-refractivity contribution in [3.05, 3.63) is 0 Å². The molecule has 0 spiro atoms. The summed E-state index contributed by atoms with van der Waals surface area (Å²) >= 11 is 0. The van der Waals surface area contributed by atoms with Gasteiger partial charge in [-0.3, -0.25) is 0 Å². The van der Waals surface area contributed by atoms with E-state index in [4.69, 9.17) is 0 Å². The highest BCUT2D eigenvalue weighted by molar-refractivity contribution is 5.13. The van der Waals surface area contributed by atoms with Crippen molar-refractivity contribution in [3.63, 3.8) is 0 Å². The second kappa shape index (κ2) is 5.21. The highest BCUT2D eigenvalue weighted by Crippen LogP contribution is 2.68. The lowest BCUT2D eigenvalue weighted by atomic mass is 9.43. The van der Waals surface area contributed by atoms with Gasteiger partial charge in [-0.25, -0.2) is 0 Å². The molecule has 0 saturated heterocycles. The molecule has 2 nitrogen and oxygen atoms in total.